The second-order valence-corrected chi connectivity index (χ2v) is 6.21. The van der Waals surface area contributed by atoms with Crippen molar-refractivity contribution in [3.63, 3.8) is 0 Å². The summed E-state index contributed by atoms with van der Waals surface area (Å²) < 4.78 is 14.2. The minimum atomic E-state index is -0.180. The summed E-state index contributed by atoms with van der Waals surface area (Å²) in [4.78, 5) is 0. The predicted molar refractivity (Wildman–Crippen MR) is 99.0 cm³/mol. The third kappa shape index (κ3) is 4.19. The lowest BCUT2D eigenvalue weighted by Gasteiger charge is -2.16. The van der Waals surface area contributed by atoms with Gasteiger partial charge in [-0.25, -0.2) is 4.39 Å². The fourth-order valence-corrected chi connectivity index (χ4v) is 3.02. The van der Waals surface area contributed by atoms with E-state index in [1.165, 1.54) is 0 Å². The largest absolute Gasteiger partial charge is 0.207 e. The van der Waals surface area contributed by atoms with Crippen molar-refractivity contribution in [2.24, 2.45) is 5.92 Å². The Morgan fingerprint density at radius 1 is 1.13 bits per heavy atom. The van der Waals surface area contributed by atoms with Gasteiger partial charge in [-0.3, -0.25) is 0 Å². The van der Waals surface area contributed by atoms with E-state index in [9.17, 15) is 4.39 Å². The summed E-state index contributed by atoms with van der Waals surface area (Å²) in [6.07, 6.45) is 6.66. The molecule has 0 heterocycles. The number of hydrogen-bond donors (Lipinski definition) is 0. The minimum absolute atomic E-state index is 0.180. The molecular formula is C22H25F. The van der Waals surface area contributed by atoms with Crippen molar-refractivity contribution in [3.05, 3.63) is 78.1 Å². The van der Waals surface area contributed by atoms with Gasteiger partial charge in [0.25, 0.3) is 0 Å². The van der Waals surface area contributed by atoms with Crippen LogP contribution >= 0.6 is 0 Å². The first-order valence-electron chi connectivity index (χ1n) is 8.18. The summed E-state index contributed by atoms with van der Waals surface area (Å²) in [5.41, 5.74) is 5.24. The lowest BCUT2D eigenvalue weighted by Crippen LogP contribution is -2.00. The molecule has 0 aliphatic carbocycles. The molecule has 0 amide bonds. The van der Waals surface area contributed by atoms with Crippen LogP contribution in [-0.4, -0.2) is 0 Å². The first-order valence-corrected chi connectivity index (χ1v) is 8.18. The van der Waals surface area contributed by atoms with Crippen molar-refractivity contribution in [2.75, 3.05) is 0 Å². The summed E-state index contributed by atoms with van der Waals surface area (Å²) in [6.45, 7) is 12.0. The summed E-state index contributed by atoms with van der Waals surface area (Å²) in [5, 5.41) is 0. The van der Waals surface area contributed by atoms with Crippen LogP contribution in [0.2, 0.25) is 0 Å². The van der Waals surface area contributed by atoms with Crippen LogP contribution in [0.5, 0.6) is 0 Å². The maximum atomic E-state index is 14.2. The highest BCUT2D eigenvalue weighted by Gasteiger charge is 2.13. The van der Waals surface area contributed by atoms with Crippen molar-refractivity contribution in [2.45, 2.75) is 33.1 Å². The van der Waals surface area contributed by atoms with E-state index < -0.39 is 0 Å². The van der Waals surface area contributed by atoms with E-state index in [1.54, 1.807) is 12.1 Å². The molecule has 0 bridgehead atoms. The van der Waals surface area contributed by atoms with Gasteiger partial charge in [-0.2, -0.15) is 0 Å². The Labute approximate surface area is 139 Å². The molecule has 0 nitrogen and oxygen atoms in total. The summed E-state index contributed by atoms with van der Waals surface area (Å²) in [7, 11) is 0. The number of aryl methyl sites for hydroxylation is 2. The van der Waals surface area contributed by atoms with Crippen LogP contribution in [0.3, 0.4) is 0 Å². The molecule has 0 saturated carbocycles. The van der Waals surface area contributed by atoms with E-state index in [0.29, 0.717) is 5.92 Å². The highest BCUT2D eigenvalue weighted by Crippen LogP contribution is 2.32. The fourth-order valence-electron chi connectivity index (χ4n) is 3.02. The predicted octanol–water partition coefficient (Wildman–Crippen LogP) is 6.59. The third-order valence-electron chi connectivity index (χ3n) is 4.35. The van der Waals surface area contributed by atoms with Crippen LogP contribution in [-0.2, 0) is 6.42 Å². The molecule has 0 aliphatic heterocycles. The van der Waals surface area contributed by atoms with Gasteiger partial charge in [0.1, 0.15) is 5.82 Å². The smallest absolute Gasteiger partial charge is 0.124 e. The zero-order valence-electron chi connectivity index (χ0n) is 14.1. The molecule has 0 radical (unpaired) electrons. The van der Waals surface area contributed by atoms with Crippen LogP contribution in [0.1, 0.15) is 36.5 Å². The second kappa shape index (κ2) is 7.92. The normalized spacial score (nSPS) is 12.0. The van der Waals surface area contributed by atoms with Crippen LogP contribution in [0, 0.1) is 18.7 Å². The van der Waals surface area contributed by atoms with Gasteiger partial charge in [-0.15, -0.1) is 6.58 Å². The Hall–Kier alpha value is -2.15. The highest BCUT2D eigenvalue weighted by molar-refractivity contribution is 5.78. The average Bonchev–Trinajstić information content (AvgIpc) is 2.53. The molecule has 0 aliphatic rings. The van der Waals surface area contributed by atoms with Crippen LogP contribution in [0.15, 0.2) is 55.6 Å². The first-order chi connectivity index (χ1) is 11.1. The van der Waals surface area contributed by atoms with Crippen molar-refractivity contribution in [1.82, 2.24) is 0 Å². The monoisotopic (exact) mass is 308 g/mol. The van der Waals surface area contributed by atoms with Gasteiger partial charge in [0, 0.05) is 0 Å². The molecule has 23 heavy (non-hydrogen) atoms. The standard InChI is InChI=1S/C22H25F/c1-5-9-16(3)12-13-18-14-19(23)15-22(20(18)6-2)21-11-8-7-10-17(21)4/h5-8,10-11,14-16H,1-2,9,12-13H2,3-4H3/t16-/m1/s1. The summed E-state index contributed by atoms with van der Waals surface area (Å²) in [6, 6.07) is 11.4. The quantitative estimate of drug-likeness (QED) is 0.506. The Bertz CT molecular complexity index is 697. The highest BCUT2D eigenvalue weighted by atomic mass is 19.1. The van der Waals surface area contributed by atoms with Gasteiger partial charge in [0.15, 0.2) is 0 Å². The summed E-state index contributed by atoms with van der Waals surface area (Å²) >= 11 is 0. The Kier molecular flexibility index (Phi) is 5.92. The average molecular weight is 308 g/mol. The lowest BCUT2D eigenvalue weighted by atomic mass is 9.89. The fraction of sp³-hybridized carbons (Fsp3) is 0.273. The van der Waals surface area contributed by atoms with Gasteiger partial charge < -0.3 is 0 Å². The number of hydrogen-bond acceptors (Lipinski definition) is 0. The number of allylic oxidation sites excluding steroid dienone is 1. The second-order valence-electron chi connectivity index (χ2n) is 6.21. The van der Waals surface area contributed by atoms with E-state index >= 15 is 0 Å². The maximum Gasteiger partial charge on any atom is 0.124 e. The summed E-state index contributed by atoms with van der Waals surface area (Å²) in [5.74, 6) is 0.371. The Morgan fingerprint density at radius 3 is 2.52 bits per heavy atom. The van der Waals surface area contributed by atoms with Crippen molar-refractivity contribution >= 4 is 6.08 Å². The van der Waals surface area contributed by atoms with E-state index in [0.717, 1.165) is 47.1 Å². The molecular weight excluding hydrogens is 283 g/mol. The zero-order chi connectivity index (χ0) is 16.8. The lowest BCUT2D eigenvalue weighted by molar-refractivity contribution is 0.539. The number of rotatable bonds is 7. The van der Waals surface area contributed by atoms with Crippen LogP contribution in [0.25, 0.3) is 17.2 Å². The Balaban J connectivity index is 2.43. The van der Waals surface area contributed by atoms with Crippen LogP contribution < -0.4 is 0 Å². The van der Waals surface area contributed by atoms with E-state index in [2.05, 4.69) is 33.1 Å². The molecule has 0 N–H and O–H groups in total. The molecule has 0 unspecified atom stereocenters. The van der Waals surface area contributed by atoms with Gasteiger partial charge in [-0.05, 0) is 72.1 Å². The number of benzene rings is 2. The molecule has 120 valence electrons. The van der Waals surface area contributed by atoms with Gasteiger partial charge in [0.2, 0.25) is 0 Å². The van der Waals surface area contributed by atoms with Gasteiger partial charge >= 0.3 is 0 Å². The molecule has 2 rings (SSSR count). The Morgan fingerprint density at radius 2 is 1.87 bits per heavy atom. The van der Waals surface area contributed by atoms with Gasteiger partial charge in [-0.1, -0.05) is 49.9 Å². The molecule has 2 aromatic carbocycles. The number of halogens is 1. The SMILES string of the molecule is C=CC[C@@H](C)CCc1cc(F)cc(-c2ccccc2C)c1C=C. The molecule has 0 saturated heterocycles. The topological polar surface area (TPSA) is 0 Å². The molecule has 1 atom stereocenters. The third-order valence-corrected chi connectivity index (χ3v) is 4.35. The molecule has 0 spiro atoms. The van der Waals surface area contributed by atoms with Crippen LogP contribution in [0.4, 0.5) is 4.39 Å². The van der Waals surface area contributed by atoms with Crippen molar-refractivity contribution in [1.29, 1.82) is 0 Å². The molecule has 1 heteroatoms. The van der Waals surface area contributed by atoms with E-state index in [4.69, 9.17) is 0 Å². The zero-order valence-corrected chi connectivity index (χ0v) is 14.1. The van der Waals surface area contributed by atoms with Crippen molar-refractivity contribution in [3.8, 4) is 11.1 Å². The first kappa shape index (κ1) is 17.2. The van der Waals surface area contributed by atoms with Crippen molar-refractivity contribution < 1.29 is 4.39 Å². The minimum Gasteiger partial charge on any atom is -0.207 e. The molecule has 0 fully saturated rings. The van der Waals surface area contributed by atoms with E-state index in [1.807, 2.05) is 30.4 Å². The molecule has 0 aromatic heterocycles. The van der Waals surface area contributed by atoms with Gasteiger partial charge in [0.05, 0.1) is 0 Å². The van der Waals surface area contributed by atoms with E-state index in [-0.39, 0.29) is 5.82 Å². The molecule has 2 aromatic rings. The maximum absolute atomic E-state index is 14.2.